The number of anilines is 1. The van der Waals surface area contributed by atoms with E-state index in [2.05, 4.69) is 17.5 Å². The molecule has 2 saturated carbocycles. The van der Waals surface area contributed by atoms with E-state index in [0.29, 0.717) is 23.1 Å². The number of rotatable bonds is 5. The van der Waals surface area contributed by atoms with E-state index in [1.807, 2.05) is 0 Å². The molecule has 1 aromatic carbocycles. The molecule has 1 aromatic rings. The molecule has 1 saturated heterocycles. The third-order valence-corrected chi connectivity index (χ3v) is 7.19. The van der Waals surface area contributed by atoms with Crippen LogP contribution in [0.1, 0.15) is 37.6 Å². The van der Waals surface area contributed by atoms with Crippen LogP contribution in [0.5, 0.6) is 0 Å². The number of benzene rings is 1. The first kappa shape index (κ1) is 20.0. The molecular formula is C24H26N2O5. The van der Waals surface area contributed by atoms with Crippen molar-refractivity contribution in [3.8, 4) is 0 Å². The summed E-state index contributed by atoms with van der Waals surface area (Å²) in [6.45, 7) is 5.14. The second-order valence-corrected chi connectivity index (χ2v) is 9.40. The van der Waals surface area contributed by atoms with Crippen molar-refractivity contribution in [3.05, 3.63) is 42.0 Å². The Morgan fingerprint density at radius 3 is 2.03 bits per heavy atom. The van der Waals surface area contributed by atoms with Gasteiger partial charge >= 0.3 is 5.97 Å². The number of hydrogen-bond acceptors (Lipinski definition) is 5. The predicted octanol–water partition coefficient (Wildman–Crippen LogP) is 2.63. The lowest BCUT2D eigenvalue weighted by molar-refractivity contribution is -0.146. The van der Waals surface area contributed by atoms with E-state index < -0.39 is 17.9 Å². The van der Waals surface area contributed by atoms with Gasteiger partial charge in [-0.05, 0) is 75.1 Å². The van der Waals surface area contributed by atoms with Gasteiger partial charge < -0.3 is 10.1 Å². The molecule has 3 fully saturated rings. The molecule has 2 bridgehead atoms. The molecule has 0 unspecified atom stereocenters. The van der Waals surface area contributed by atoms with Crippen LogP contribution in [0.4, 0.5) is 5.69 Å². The molecule has 1 N–H and O–H groups in total. The number of allylic oxidation sites excluding steroid dienone is 2. The number of esters is 1. The van der Waals surface area contributed by atoms with Crippen LogP contribution < -0.4 is 5.32 Å². The summed E-state index contributed by atoms with van der Waals surface area (Å²) >= 11 is 0. The maximum atomic E-state index is 13.1. The molecule has 1 aliphatic heterocycles. The molecule has 0 aromatic heterocycles. The second kappa shape index (κ2) is 7.04. The van der Waals surface area contributed by atoms with E-state index in [0.717, 1.165) is 6.42 Å². The fourth-order valence-corrected chi connectivity index (χ4v) is 5.70. The van der Waals surface area contributed by atoms with Crippen molar-refractivity contribution in [2.45, 2.75) is 39.3 Å². The smallest absolute Gasteiger partial charge is 0.338 e. The topological polar surface area (TPSA) is 92.8 Å². The van der Waals surface area contributed by atoms with Gasteiger partial charge in [0.1, 0.15) is 6.04 Å². The first-order valence-electron chi connectivity index (χ1n) is 10.9. The fraction of sp³-hybridized carbons (Fsp3) is 0.500. The van der Waals surface area contributed by atoms with Crippen LogP contribution in [0.2, 0.25) is 0 Å². The Morgan fingerprint density at radius 1 is 0.968 bits per heavy atom. The Morgan fingerprint density at radius 2 is 1.52 bits per heavy atom. The minimum absolute atomic E-state index is 0.134. The highest BCUT2D eigenvalue weighted by Crippen LogP contribution is 2.65. The Hall–Kier alpha value is -2.96. The average Bonchev–Trinajstić information content (AvgIpc) is 3.51. The summed E-state index contributed by atoms with van der Waals surface area (Å²) in [5, 5.41) is 2.75. The van der Waals surface area contributed by atoms with E-state index >= 15 is 0 Å². The van der Waals surface area contributed by atoms with Crippen molar-refractivity contribution in [2.24, 2.45) is 35.5 Å². The van der Waals surface area contributed by atoms with Gasteiger partial charge in [0, 0.05) is 5.69 Å². The van der Waals surface area contributed by atoms with Gasteiger partial charge in [0.25, 0.3) is 0 Å². The minimum Gasteiger partial charge on any atom is -0.459 e. The zero-order chi connectivity index (χ0) is 22.0. The van der Waals surface area contributed by atoms with Crippen LogP contribution in [0, 0.1) is 35.5 Å². The van der Waals surface area contributed by atoms with Crippen molar-refractivity contribution in [3.63, 3.8) is 0 Å². The number of imide groups is 1. The Kier molecular flexibility index (Phi) is 4.53. The highest BCUT2D eigenvalue weighted by molar-refractivity contribution is 6.10. The van der Waals surface area contributed by atoms with Crippen LogP contribution in [-0.2, 0) is 19.1 Å². The summed E-state index contributed by atoms with van der Waals surface area (Å²) in [5.74, 6) is -0.592. The van der Waals surface area contributed by atoms with Crippen LogP contribution in [0.25, 0.3) is 0 Å². The van der Waals surface area contributed by atoms with E-state index in [1.54, 1.807) is 45.0 Å². The van der Waals surface area contributed by atoms with Crippen molar-refractivity contribution < 1.29 is 23.9 Å². The minimum atomic E-state index is -0.896. The van der Waals surface area contributed by atoms with E-state index in [4.69, 9.17) is 4.74 Å². The normalized spacial score (nSPS) is 33.2. The van der Waals surface area contributed by atoms with Gasteiger partial charge in [-0.3, -0.25) is 19.3 Å². The molecule has 162 valence electrons. The van der Waals surface area contributed by atoms with Gasteiger partial charge in [-0.1, -0.05) is 12.2 Å². The summed E-state index contributed by atoms with van der Waals surface area (Å²) in [4.78, 5) is 52.3. The number of ether oxygens (including phenoxy) is 1. The van der Waals surface area contributed by atoms with Crippen molar-refractivity contribution >= 4 is 29.4 Å². The van der Waals surface area contributed by atoms with Crippen LogP contribution >= 0.6 is 0 Å². The molecule has 5 aliphatic rings. The molecule has 7 heteroatoms. The molecule has 0 radical (unpaired) electrons. The molecule has 31 heavy (non-hydrogen) atoms. The average molecular weight is 422 g/mol. The molecule has 6 rings (SSSR count). The Labute approximate surface area is 180 Å². The number of nitrogens with zero attached hydrogens (tertiary/aromatic N) is 1. The highest BCUT2D eigenvalue weighted by Gasteiger charge is 2.67. The summed E-state index contributed by atoms with van der Waals surface area (Å²) in [5.41, 5.74) is 0.868. The van der Waals surface area contributed by atoms with Crippen molar-refractivity contribution in [2.75, 3.05) is 5.32 Å². The zero-order valence-electron chi connectivity index (χ0n) is 17.8. The van der Waals surface area contributed by atoms with Crippen LogP contribution in [0.3, 0.4) is 0 Å². The van der Waals surface area contributed by atoms with Crippen LogP contribution in [-0.4, -0.2) is 40.7 Å². The van der Waals surface area contributed by atoms with E-state index in [-0.39, 0.29) is 41.6 Å². The van der Waals surface area contributed by atoms with E-state index in [9.17, 15) is 19.2 Å². The van der Waals surface area contributed by atoms with Gasteiger partial charge in [0.2, 0.25) is 17.7 Å². The molecule has 7 atom stereocenters. The van der Waals surface area contributed by atoms with Crippen molar-refractivity contribution in [1.29, 1.82) is 0 Å². The largest absolute Gasteiger partial charge is 0.459 e. The quantitative estimate of drug-likeness (QED) is 0.447. The Balaban J connectivity index is 1.27. The highest BCUT2D eigenvalue weighted by atomic mass is 16.5. The SMILES string of the molecule is CC(C)OC(=O)c1ccc(NC(=O)[C@H](C)N2C(=O)[C@@H]3[C@@H]4C=C[C@H]([C@H]5C[C@H]45)[C@@H]3C2=O)cc1. The van der Waals surface area contributed by atoms with Gasteiger partial charge in [0.05, 0.1) is 23.5 Å². The van der Waals surface area contributed by atoms with Gasteiger partial charge in [-0.25, -0.2) is 4.79 Å². The van der Waals surface area contributed by atoms with E-state index in [1.165, 1.54) is 4.90 Å². The third-order valence-electron chi connectivity index (χ3n) is 7.19. The monoisotopic (exact) mass is 422 g/mol. The molecule has 3 amide bonds. The van der Waals surface area contributed by atoms with Gasteiger partial charge in [0.15, 0.2) is 0 Å². The molecule has 4 aliphatic carbocycles. The number of amides is 3. The number of hydrogen-bond donors (Lipinski definition) is 1. The first-order valence-corrected chi connectivity index (χ1v) is 10.9. The van der Waals surface area contributed by atoms with Gasteiger partial charge in [-0.2, -0.15) is 0 Å². The maximum Gasteiger partial charge on any atom is 0.338 e. The number of carbonyl (C=O) groups is 4. The summed E-state index contributed by atoms with van der Waals surface area (Å²) in [6.07, 6.45) is 5.12. The lowest BCUT2D eigenvalue weighted by atomic mass is 9.63. The lowest BCUT2D eigenvalue weighted by Crippen LogP contribution is -2.46. The lowest BCUT2D eigenvalue weighted by Gasteiger charge is -2.37. The zero-order valence-corrected chi connectivity index (χ0v) is 17.8. The van der Waals surface area contributed by atoms with Crippen LogP contribution in [0.15, 0.2) is 36.4 Å². The summed E-state index contributed by atoms with van der Waals surface area (Å²) in [6, 6.07) is 5.45. The first-order chi connectivity index (χ1) is 14.8. The number of carbonyl (C=O) groups excluding carboxylic acids is 4. The second-order valence-electron chi connectivity index (χ2n) is 9.40. The molecular weight excluding hydrogens is 396 g/mol. The standard InChI is InChI=1S/C24H26N2O5/c1-11(2)31-24(30)13-4-6-14(7-5-13)25-21(27)12(3)26-22(28)19-15-8-9-16(18-10-17(15)18)20(19)23(26)29/h4-9,11-12,15-20H,10H2,1-3H3,(H,25,27)/t12-,15+,16+,17+,18+,19-,20+/m0/s1. The molecule has 1 heterocycles. The molecule has 0 spiro atoms. The van der Waals surface area contributed by atoms with Crippen molar-refractivity contribution in [1.82, 2.24) is 4.90 Å². The predicted molar refractivity (Wildman–Crippen MR) is 112 cm³/mol. The maximum absolute atomic E-state index is 13.1. The summed E-state index contributed by atoms with van der Waals surface area (Å²) in [7, 11) is 0. The third kappa shape index (κ3) is 3.09. The summed E-state index contributed by atoms with van der Waals surface area (Å²) < 4.78 is 5.15. The molecule has 7 nitrogen and oxygen atoms in total. The van der Waals surface area contributed by atoms with Gasteiger partial charge in [-0.15, -0.1) is 0 Å². The number of likely N-dealkylation sites (tertiary alicyclic amines) is 1. The number of nitrogens with one attached hydrogen (secondary N) is 1. The Bertz CT molecular complexity index is 962. The fourth-order valence-electron chi connectivity index (χ4n) is 5.70.